The second-order valence-corrected chi connectivity index (χ2v) is 6.21. The molecule has 0 amide bonds. The molecule has 0 saturated heterocycles. The van der Waals surface area contributed by atoms with Gasteiger partial charge in [0.15, 0.2) is 0 Å². The summed E-state index contributed by atoms with van der Waals surface area (Å²) in [6.07, 6.45) is 4.18. The molecule has 3 heteroatoms. The second kappa shape index (κ2) is 7.15. The second-order valence-electron chi connectivity index (χ2n) is 5.29. The van der Waals surface area contributed by atoms with Crippen molar-refractivity contribution in [1.29, 1.82) is 0 Å². The van der Waals surface area contributed by atoms with Crippen molar-refractivity contribution in [2.45, 2.75) is 26.2 Å². The minimum Gasteiger partial charge on any atom is -0.492 e. The molecule has 1 aromatic carbocycles. The van der Waals surface area contributed by atoms with Crippen LogP contribution >= 0.6 is 15.9 Å². The largest absolute Gasteiger partial charge is 0.492 e. The maximum absolute atomic E-state index is 5.66. The zero-order valence-electron chi connectivity index (χ0n) is 11.0. The Morgan fingerprint density at radius 3 is 2.72 bits per heavy atom. The number of hydrogen-bond acceptors (Lipinski definition) is 2. The van der Waals surface area contributed by atoms with Crippen molar-refractivity contribution in [3.63, 3.8) is 0 Å². The Hall–Kier alpha value is -0.540. The molecule has 2 atom stereocenters. The minimum atomic E-state index is 0.740. The fraction of sp³-hybridized carbons (Fsp3) is 0.600. The molecule has 18 heavy (non-hydrogen) atoms. The molecule has 0 aliphatic heterocycles. The molecule has 0 spiro atoms. The quantitative estimate of drug-likeness (QED) is 0.806. The Labute approximate surface area is 118 Å². The molecule has 1 aromatic rings. The van der Waals surface area contributed by atoms with Gasteiger partial charge < -0.3 is 10.1 Å². The zero-order valence-corrected chi connectivity index (χ0v) is 12.6. The number of ether oxygens (including phenoxy) is 1. The molecule has 2 nitrogen and oxygen atoms in total. The highest BCUT2D eigenvalue weighted by molar-refractivity contribution is 9.10. The minimum absolute atomic E-state index is 0.740. The van der Waals surface area contributed by atoms with Crippen molar-refractivity contribution in [3.8, 4) is 5.75 Å². The van der Waals surface area contributed by atoms with E-state index in [0.717, 1.165) is 41.8 Å². The lowest BCUT2D eigenvalue weighted by molar-refractivity contribution is 0.308. The predicted octanol–water partition coefficient (Wildman–Crippen LogP) is 3.85. The molecule has 0 heterocycles. The fourth-order valence-corrected chi connectivity index (χ4v) is 2.85. The molecule has 1 N–H and O–H groups in total. The van der Waals surface area contributed by atoms with E-state index in [-0.39, 0.29) is 0 Å². The Kier molecular flexibility index (Phi) is 5.51. The third-order valence-electron chi connectivity index (χ3n) is 3.60. The van der Waals surface area contributed by atoms with E-state index < -0.39 is 0 Å². The highest BCUT2D eigenvalue weighted by Crippen LogP contribution is 2.29. The van der Waals surface area contributed by atoms with E-state index in [1.807, 2.05) is 24.3 Å². The lowest BCUT2D eigenvalue weighted by Gasteiger charge is -2.11. The van der Waals surface area contributed by atoms with E-state index in [0.29, 0.717) is 0 Å². The van der Waals surface area contributed by atoms with Crippen LogP contribution in [0.25, 0.3) is 0 Å². The first-order chi connectivity index (χ1) is 8.74. The molecule has 0 bridgehead atoms. The first-order valence-corrected chi connectivity index (χ1v) is 7.62. The van der Waals surface area contributed by atoms with E-state index >= 15 is 0 Å². The lowest BCUT2D eigenvalue weighted by Crippen LogP contribution is -2.26. The summed E-state index contributed by atoms with van der Waals surface area (Å²) in [5, 5.41) is 3.50. The summed E-state index contributed by atoms with van der Waals surface area (Å²) >= 11 is 3.41. The molecular formula is C15H22BrNO. The molecule has 1 aliphatic rings. The predicted molar refractivity (Wildman–Crippen MR) is 79.0 cm³/mol. The van der Waals surface area contributed by atoms with Crippen molar-refractivity contribution >= 4 is 15.9 Å². The van der Waals surface area contributed by atoms with Gasteiger partial charge in [-0.15, -0.1) is 0 Å². The first-order valence-electron chi connectivity index (χ1n) is 6.83. The van der Waals surface area contributed by atoms with Crippen LogP contribution in [-0.2, 0) is 0 Å². The van der Waals surface area contributed by atoms with Crippen LogP contribution in [-0.4, -0.2) is 19.7 Å². The van der Waals surface area contributed by atoms with Gasteiger partial charge in [-0.1, -0.05) is 29.3 Å². The molecule has 1 aliphatic carbocycles. The Morgan fingerprint density at radius 2 is 2.06 bits per heavy atom. The molecule has 100 valence electrons. The van der Waals surface area contributed by atoms with E-state index in [9.17, 15) is 0 Å². The van der Waals surface area contributed by atoms with Crippen LogP contribution < -0.4 is 10.1 Å². The van der Waals surface area contributed by atoms with Crippen molar-refractivity contribution in [2.75, 3.05) is 19.7 Å². The summed E-state index contributed by atoms with van der Waals surface area (Å²) in [5.41, 5.74) is 0. The van der Waals surface area contributed by atoms with Gasteiger partial charge in [-0.2, -0.15) is 0 Å². The van der Waals surface area contributed by atoms with Crippen molar-refractivity contribution in [3.05, 3.63) is 28.7 Å². The molecule has 1 fully saturated rings. The van der Waals surface area contributed by atoms with Crippen LogP contribution in [0.15, 0.2) is 28.7 Å². The average molecular weight is 312 g/mol. The number of hydrogen-bond donors (Lipinski definition) is 1. The number of benzene rings is 1. The van der Waals surface area contributed by atoms with E-state index in [2.05, 4.69) is 28.2 Å². The molecular weight excluding hydrogens is 290 g/mol. The summed E-state index contributed by atoms with van der Waals surface area (Å²) in [5.74, 6) is 2.75. The SMILES string of the molecule is CC1CCC(CNCCOc2ccc(Br)cc2)C1. The van der Waals surface area contributed by atoms with Crippen LogP contribution in [0, 0.1) is 11.8 Å². The molecule has 0 aromatic heterocycles. The Balaban J connectivity index is 1.55. The smallest absolute Gasteiger partial charge is 0.119 e. The Bertz CT molecular complexity index is 352. The topological polar surface area (TPSA) is 21.3 Å². The maximum Gasteiger partial charge on any atom is 0.119 e. The van der Waals surface area contributed by atoms with Crippen LogP contribution in [0.3, 0.4) is 0 Å². The van der Waals surface area contributed by atoms with Gasteiger partial charge in [-0.25, -0.2) is 0 Å². The normalized spacial score (nSPS) is 23.2. The third kappa shape index (κ3) is 4.62. The molecule has 1 saturated carbocycles. The van der Waals surface area contributed by atoms with Crippen molar-refractivity contribution in [2.24, 2.45) is 11.8 Å². The van der Waals surface area contributed by atoms with E-state index in [4.69, 9.17) is 4.74 Å². The lowest BCUT2D eigenvalue weighted by atomic mass is 10.1. The molecule has 0 radical (unpaired) electrons. The Morgan fingerprint density at radius 1 is 1.28 bits per heavy atom. The van der Waals surface area contributed by atoms with Crippen LogP contribution in [0.2, 0.25) is 0 Å². The summed E-state index contributed by atoms with van der Waals surface area (Å²) in [6, 6.07) is 7.98. The van der Waals surface area contributed by atoms with Gasteiger partial charge in [0.2, 0.25) is 0 Å². The molecule has 2 unspecified atom stereocenters. The van der Waals surface area contributed by atoms with Crippen molar-refractivity contribution < 1.29 is 4.74 Å². The highest BCUT2D eigenvalue weighted by Gasteiger charge is 2.20. The van der Waals surface area contributed by atoms with E-state index in [1.54, 1.807) is 0 Å². The summed E-state index contributed by atoms with van der Waals surface area (Å²) in [4.78, 5) is 0. The third-order valence-corrected chi connectivity index (χ3v) is 4.13. The van der Waals surface area contributed by atoms with Gasteiger partial charge in [0.05, 0.1) is 0 Å². The zero-order chi connectivity index (χ0) is 12.8. The number of nitrogens with one attached hydrogen (secondary N) is 1. The van der Waals surface area contributed by atoms with Gasteiger partial charge in [-0.3, -0.25) is 0 Å². The van der Waals surface area contributed by atoms with Gasteiger partial charge in [0.1, 0.15) is 12.4 Å². The summed E-state index contributed by atoms with van der Waals surface area (Å²) < 4.78 is 6.75. The monoisotopic (exact) mass is 311 g/mol. The van der Waals surface area contributed by atoms with Gasteiger partial charge in [0.25, 0.3) is 0 Å². The molecule has 2 rings (SSSR count). The fourth-order valence-electron chi connectivity index (χ4n) is 2.59. The van der Waals surface area contributed by atoms with Crippen LogP contribution in [0.5, 0.6) is 5.75 Å². The van der Waals surface area contributed by atoms with Crippen LogP contribution in [0.1, 0.15) is 26.2 Å². The number of halogens is 1. The summed E-state index contributed by atoms with van der Waals surface area (Å²) in [7, 11) is 0. The van der Waals surface area contributed by atoms with Gasteiger partial charge >= 0.3 is 0 Å². The van der Waals surface area contributed by atoms with Gasteiger partial charge in [-0.05, 0) is 55.5 Å². The van der Waals surface area contributed by atoms with Gasteiger partial charge in [0, 0.05) is 11.0 Å². The van der Waals surface area contributed by atoms with Crippen LogP contribution in [0.4, 0.5) is 0 Å². The van der Waals surface area contributed by atoms with E-state index in [1.165, 1.54) is 19.3 Å². The highest BCUT2D eigenvalue weighted by atomic mass is 79.9. The van der Waals surface area contributed by atoms with Crippen molar-refractivity contribution in [1.82, 2.24) is 5.32 Å². The summed E-state index contributed by atoms with van der Waals surface area (Å²) in [6.45, 7) is 5.18. The first kappa shape index (κ1) is 13.9. The maximum atomic E-state index is 5.66. The standard InChI is InChI=1S/C15H22BrNO/c1-12-2-3-13(10-12)11-17-8-9-18-15-6-4-14(16)5-7-15/h4-7,12-13,17H,2-3,8-11H2,1H3. The average Bonchev–Trinajstić information content (AvgIpc) is 2.77. The number of rotatable bonds is 6.